The molecule has 1 aliphatic rings. The Labute approximate surface area is 185 Å². The number of aryl methyl sites for hydroxylation is 1. The lowest BCUT2D eigenvalue weighted by Crippen LogP contribution is -2.22. The van der Waals surface area contributed by atoms with Crippen LogP contribution in [-0.4, -0.2) is 51.5 Å². The molecule has 8 nitrogen and oxygen atoms in total. The zero-order valence-electron chi connectivity index (χ0n) is 18.1. The molecular weight excluding hydrogens is 464 g/mol. The van der Waals surface area contributed by atoms with Gasteiger partial charge in [0, 0.05) is 20.6 Å². The van der Waals surface area contributed by atoms with Gasteiger partial charge in [-0.15, -0.1) is 0 Å². The molecule has 0 radical (unpaired) electrons. The second-order valence-corrected chi connectivity index (χ2v) is 15.3. The van der Waals surface area contributed by atoms with Crippen molar-refractivity contribution in [2.45, 2.75) is 58.1 Å². The first-order chi connectivity index (χ1) is 14.3. The number of hydrogen-bond donors (Lipinski definition) is 0. The Morgan fingerprint density at radius 1 is 1.20 bits per heavy atom. The first kappa shape index (κ1) is 21.3. The highest BCUT2D eigenvalue weighted by molar-refractivity contribution is 9.10. The molecule has 160 valence electrons. The van der Waals surface area contributed by atoms with E-state index in [1.54, 1.807) is 18.0 Å². The second kappa shape index (κ2) is 8.31. The summed E-state index contributed by atoms with van der Waals surface area (Å²) in [4.78, 5) is 18.5. The monoisotopic (exact) mass is 490 g/mol. The van der Waals surface area contributed by atoms with Gasteiger partial charge >= 0.3 is 0 Å². The van der Waals surface area contributed by atoms with E-state index in [-0.39, 0.29) is 0 Å². The molecule has 1 saturated carbocycles. The van der Waals surface area contributed by atoms with Gasteiger partial charge in [-0.05, 0) is 41.7 Å². The van der Waals surface area contributed by atoms with Crippen LogP contribution in [0.25, 0.3) is 22.4 Å². The third-order valence-corrected chi connectivity index (χ3v) is 7.52. The first-order valence-corrected chi connectivity index (χ1v) is 14.7. The van der Waals surface area contributed by atoms with E-state index in [2.05, 4.69) is 55.6 Å². The average molecular weight is 491 g/mol. The summed E-state index contributed by atoms with van der Waals surface area (Å²) in [5, 5.41) is 4.58. The van der Waals surface area contributed by atoms with Crippen molar-refractivity contribution >= 4 is 35.0 Å². The van der Waals surface area contributed by atoms with E-state index in [0.29, 0.717) is 35.7 Å². The van der Waals surface area contributed by atoms with Crippen molar-refractivity contribution in [3.8, 4) is 17.3 Å². The molecule has 0 aromatic carbocycles. The largest absolute Gasteiger partial charge is 0.480 e. The predicted molar refractivity (Wildman–Crippen MR) is 121 cm³/mol. The minimum atomic E-state index is -1.12. The molecule has 30 heavy (non-hydrogen) atoms. The van der Waals surface area contributed by atoms with E-state index in [1.165, 1.54) is 0 Å². The van der Waals surface area contributed by atoms with Crippen molar-refractivity contribution in [3.05, 3.63) is 22.3 Å². The smallest absolute Gasteiger partial charge is 0.228 e. The first-order valence-electron chi connectivity index (χ1n) is 10.2. The van der Waals surface area contributed by atoms with Crippen LogP contribution in [0.5, 0.6) is 5.88 Å². The SMILES string of the molecule is COc1nc(C)nc(C2CC2)c1-c1ncc2nn(COCC[Si](C)(C)C)c(Br)c2n1. The zero-order chi connectivity index (χ0) is 21.5. The molecular formula is C20H27BrN6O2Si. The van der Waals surface area contributed by atoms with E-state index >= 15 is 0 Å². The minimum Gasteiger partial charge on any atom is -0.480 e. The molecule has 3 aromatic heterocycles. The van der Waals surface area contributed by atoms with Gasteiger partial charge in [0.25, 0.3) is 0 Å². The van der Waals surface area contributed by atoms with Gasteiger partial charge in [-0.3, -0.25) is 0 Å². The molecule has 0 unspecified atom stereocenters. The van der Waals surface area contributed by atoms with Crippen LogP contribution >= 0.6 is 15.9 Å². The summed E-state index contributed by atoms with van der Waals surface area (Å²) >= 11 is 3.63. The van der Waals surface area contributed by atoms with Crippen molar-refractivity contribution in [1.82, 2.24) is 29.7 Å². The molecule has 0 spiro atoms. The number of rotatable bonds is 8. The predicted octanol–water partition coefficient (Wildman–Crippen LogP) is 4.55. The van der Waals surface area contributed by atoms with Gasteiger partial charge in [0.2, 0.25) is 5.88 Å². The third-order valence-electron chi connectivity index (χ3n) is 5.03. The summed E-state index contributed by atoms with van der Waals surface area (Å²) in [5.41, 5.74) is 3.19. The van der Waals surface area contributed by atoms with Gasteiger partial charge in [0.05, 0.1) is 19.0 Å². The summed E-state index contributed by atoms with van der Waals surface area (Å²) in [6.45, 7) is 10.0. The molecule has 0 amide bonds. The van der Waals surface area contributed by atoms with Crippen LogP contribution in [0.15, 0.2) is 10.8 Å². The van der Waals surface area contributed by atoms with Crippen LogP contribution in [0.2, 0.25) is 25.7 Å². The molecule has 1 aliphatic carbocycles. The van der Waals surface area contributed by atoms with Crippen LogP contribution in [0, 0.1) is 6.92 Å². The minimum absolute atomic E-state index is 0.376. The van der Waals surface area contributed by atoms with Gasteiger partial charge in [-0.25, -0.2) is 19.6 Å². The van der Waals surface area contributed by atoms with E-state index in [0.717, 1.165) is 46.9 Å². The lowest BCUT2D eigenvalue weighted by atomic mass is 10.1. The van der Waals surface area contributed by atoms with Gasteiger partial charge in [0.15, 0.2) is 5.82 Å². The van der Waals surface area contributed by atoms with Crippen molar-refractivity contribution in [2.24, 2.45) is 0 Å². The second-order valence-electron chi connectivity index (χ2n) is 8.88. The molecule has 0 atom stereocenters. The standard InChI is InChI=1S/C20H27BrN6O2Si/c1-12-23-16(13-6-7-13)15(20(24-12)28-2)19-22-10-14-17(25-19)18(21)27(26-14)11-29-8-9-30(3,4)5/h10,13H,6-9,11H2,1-5H3. The van der Waals surface area contributed by atoms with Gasteiger partial charge in [-0.2, -0.15) is 10.1 Å². The highest BCUT2D eigenvalue weighted by Crippen LogP contribution is 2.45. The average Bonchev–Trinajstić information content (AvgIpc) is 3.49. The Morgan fingerprint density at radius 2 is 1.97 bits per heavy atom. The van der Waals surface area contributed by atoms with E-state index in [4.69, 9.17) is 14.5 Å². The summed E-state index contributed by atoms with van der Waals surface area (Å²) in [7, 11) is 0.496. The number of methoxy groups -OCH3 is 1. The van der Waals surface area contributed by atoms with Crippen molar-refractivity contribution in [1.29, 1.82) is 0 Å². The van der Waals surface area contributed by atoms with Gasteiger partial charge < -0.3 is 9.47 Å². The number of hydrogen-bond acceptors (Lipinski definition) is 7. The maximum Gasteiger partial charge on any atom is 0.228 e. The van der Waals surface area contributed by atoms with Crippen molar-refractivity contribution < 1.29 is 9.47 Å². The van der Waals surface area contributed by atoms with Gasteiger partial charge in [-0.1, -0.05) is 19.6 Å². The fourth-order valence-corrected chi connectivity index (χ4v) is 4.44. The van der Waals surface area contributed by atoms with Crippen LogP contribution in [0.1, 0.15) is 30.3 Å². The molecule has 3 aromatic rings. The molecule has 1 fully saturated rings. The summed E-state index contributed by atoms with van der Waals surface area (Å²) in [5.74, 6) is 2.19. The zero-order valence-corrected chi connectivity index (χ0v) is 20.7. The molecule has 0 bridgehead atoms. The van der Waals surface area contributed by atoms with Crippen molar-refractivity contribution in [3.63, 3.8) is 0 Å². The number of aromatic nitrogens is 6. The Kier molecular flexibility index (Phi) is 5.91. The summed E-state index contributed by atoms with van der Waals surface area (Å²) in [6.07, 6.45) is 3.97. The number of nitrogens with zero attached hydrogens (tertiary/aromatic N) is 6. The van der Waals surface area contributed by atoms with Crippen LogP contribution in [0.4, 0.5) is 0 Å². The Morgan fingerprint density at radius 3 is 2.63 bits per heavy atom. The fraction of sp³-hybridized carbons (Fsp3) is 0.550. The molecule has 0 N–H and O–H groups in total. The molecule has 3 heterocycles. The van der Waals surface area contributed by atoms with Crippen molar-refractivity contribution in [2.75, 3.05) is 13.7 Å². The van der Waals surface area contributed by atoms with E-state index in [9.17, 15) is 0 Å². The Bertz CT molecular complexity index is 1080. The topological polar surface area (TPSA) is 87.8 Å². The van der Waals surface area contributed by atoms with Crippen LogP contribution in [0.3, 0.4) is 0 Å². The lowest BCUT2D eigenvalue weighted by Gasteiger charge is -2.15. The third kappa shape index (κ3) is 4.55. The Balaban J connectivity index is 1.66. The van der Waals surface area contributed by atoms with E-state index in [1.807, 2.05) is 6.92 Å². The summed E-state index contributed by atoms with van der Waals surface area (Å²) < 4.78 is 14.0. The maximum atomic E-state index is 5.85. The Hall–Kier alpha value is -1.91. The number of halogens is 1. The normalized spacial score (nSPS) is 14.5. The molecule has 0 aliphatic heterocycles. The summed E-state index contributed by atoms with van der Waals surface area (Å²) in [6, 6.07) is 1.12. The highest BCUT2D eigenvalue weighted by atomic mass is 79.9. The number of ether oxygens (including phenoxy) is 2. The highest BCUT2D eigenvalue weighted by Gasteiger charge is 2.32. The maximum absolute atomic E-state index is 5.85. The molecule has 0 saturated heterocycles. The lowest BCUT2D eigenvalue weighted by molar-refractivity contribution is 0.0775. The number of fused-ring (bicyclic) bond motifs is 1. The molecule has 10 heteroatoms. The molecule has 4 rings (SSSR count). The fourth-order valence-electron chi connectivity index (χ4n) is 3.21. The van der Waals surface area contributed by atoms with E-state index < -0.39 is 8.07 Å². The quantitative estimate of drug-likeness (QED) is 0.337. The van der Waals surface area contributed by atoms with Crippen LogP contribution < -0.4 is 4.74 Å². The van der Waals surface area contributed by atoms with Crippen LogP contribution in [-0.2, 0) is 11.5 Å². The van der Waals surface area contributed by atoms with Gasteiger partial charge in [0.1, 0.15) is 33.8 Å².